The van der Waals surface area contributed by atoms with Crippen LogP contribution >= 0.6 is 11.6 Å². The molecule has 0 unspecified atom stereocenters. The number of aromatic nitrogens is 3. The number of carbonyl (C=O) groups is 1. The van der Waals surface area contributed by atoms with Crippen LogP contribution in [0.4, 0.5) is 0 Å². The average molecular weight is 268 g/mol. The van der Waals surface area contributed by atoms with Gasteiger partial charge < -0.3 is 9.30 Å². The van der Waals surface area contributed by atoms with Gasteiger partial charge in [0.15, 0.2) is 5.65 Å². The van der Waals surface area contributed by atoms with Crippen LogP contribution in [-0.2, 0) is 22.0 Å². The number of esters is 1. The van der Waals surface area contributed by atoms with Crippen molar-refractivity contribution < 1.29 is 9.53 Å². The Bertz CT molecular complexity index is 580. The number of aryl methyl sites for hydroxylation is 1. The molecular weight excluding hydrogens is 254 g/mol. The van der Waals surface area contributed by atoms with Crippen LogP contribution < -0.4 is 0 Å². The summed E-state index contributed by atoms with van der Waals surface area (Å²) in [6.45, 7) is 4.15. The van der Waals surface area contributed by atoms with Crippen LogP contribution in [0.1, 0.15) is 18.3 Å². The van der Waals surface area contributed by atoms with Crippen LogP contribution in [0, 0.1) is 6.92 Å². The number of nitrogens with zero attached hydrogens (tertiary/aromatic N) is 3. The van der Waals surface area contributed by atoms with Gasteiger partial charge in [-0.05, 0) is 25.5 Å². The SMILES string of the molecule is CCOC(=O)Cn1c(CCl)nc2cc(C)cnc21. The summed E-state index contributed by atoms with van der Waals surface area (Å²) in [6.07, 6.45) is 1.74. The number of carbonyl (C=O) groups excluding carboxylic acids is 1. The Morgan fingerprint density at radius 1 is 1.56 bits per heavy atom. The van der Waals surface area contributed by atoms with Crippen LogP contribution in [0.5, 0.6) is 0 Å². The van der Waals surface area contributed by atoms with Crippen molar-refractivity contribution in [2.24, 2.45) is 0 Å². The number of hydrogen-bond donors (Lipinski definition) is 0. The van der Waals surface area contributed by atoms with Crippen LogP contribution in [0.3, 0.4) is 0 Å². The van der Waals surface area contributed by atoms with E-state index in [9.17, 15) is 4.79 Å². The number of hydrogen-bond acceptors (Lipinski definition) is 4. The Morgan fingerprint density at radius 2 is 2.33 bits per heavy atom. The normalized spacial score (nSPS) is 10.8. The molecular formula is C12H14ClN3O2. The van der Waals surface area contributed by atoms with E-state index < -0.39 is 0 Å². The van der Waals surface area contributed by atoms with Crippen molar-refractivity contribution in [1.29, 1.82) is 0 Å². The zero-order chi connectivity index (χ0) is 13.1. The number of halogens is 1. The van der Waals surface area contributed by atoms with Crippen LogP contribution in [0.25, 0.3) is 11.2 Å². The molecule has 0 bridgehead atoms. The third-order valence-electron chi connectivity index (χ3n) is 2.51. The Balaban J connectivity index is 2.43. The predicted octanol–water partition coefficient (Wildman–Crippen LogP) is 2.04. The van der Waals surface area contributed by atoms with Crippen LogP contribution in [-0.4, -0.2) is 27.1 Å². The number of fused-ring (bicyclic) bond motifs is 1. The lowest BCUT2D eigenvalue weighted by atomic mass is 10.3. The first-order valence-corrected chi connectivity index (χ1v) is 6.22. The maximum Gasteiger partial charge on any atom is 0.326 e. The average Bonchev–Trinajstić information content (AvgIpc) is 2.66. The molecule has 0 saturated carbocycles. The highest BCUT2D eigenvalue weighted by Crippen LogP contribution is 2.16. The molecule has 0 N–H and O–H groups in total. The monoisotopic (exact) mass is 267 g/mol. The van der Waals surface area contributed by atoms with Gasteiger partial charge >= 0.3 is 5.97 Å². The van der Waals surface area contributed by atoms with Crippen molar-refractivity contribution in [3.63, 3.8) is 0 Å². The van der Waals surface area contributed by atoms with Crippen LogP contribution in [0.2, 0.25) is 0 Å². The van der Waals surface area contributed by atoms with Gasteiger partial charge in [0.05, 0.1) is 12.5 Å². The molecule has 96 valence electrons. The molecule has 0 aromatic carbocycles. The lowest BCUT2D eigenvalue weighted by molar-refractivity contribution is -0.143. The first-order chi connectivity index (χ1) is 8.65. The van der Waals surface area contributed by atoms with E-state index >= 15 is 0 Å². The molecule has 2 aromatic rings. The zero-order valence-electron chi connectivity index (χ0n) is 10.3. The molecule has 0 saturated heterocycles. The molecule has 2 heterocycles. The van der Waals surface area contributed by atoms with Gasteiger partial charge in [0.25, 0.3) is 0 Å². The molecule has 0 aliphatic heterocycles. The zero-order valence-corrected chi connectivity index (χ0v) is 11.1. The topological polar surface area (TPSA) is 57.0 Å². The second kappa shape index (κ2) is 5.35. The maximum atomic E-state index is 11.5. The molecule has 5 nitrogen and oxygen atoms in total. The third kappa shape index (κ3) is 2.46. The minimum absolute atomic E-state index is 0.0858. The standard InChI is InChI=1S/C12H14ClN3O2/c1-3-18-11(17)7-16-10(5-13)15-9-4-8(2)6-14-12(9)16/h4,6H,3,5,7H2,1-2H3. The van der Waals surface area contributed by atoms with Crippen molar-refractivity contribution in [2.75, 3.05) is 6.61 Å². The van der Waals surface area contributed by atoms with Gasteiger partial charge in [0, 0.05) is 6.20 Å². The van der Waals surface area contributed by atoms with E-state index in [0.29, 0.717) is 18.1 Å². The van der Waals surface area contributed by atoms with Gasteiger partial charge in [-0.1, -0.05) is 0 Å². The maximum absolute atomic E-state index is 11.5. The van der Waals surface area contributed by atoms with E-state index in [1.165, 1.54) is 0 Å². The fraction of sp³-hybridized carbons (Fsp3) is 0.417. The summed E-state index contributed by atoms with van der Waals surface area (Å²) in [7, 11) is 0. The summed E-state index contributed by atoms with van der Waals surface area (Å²) in [4.78, 5) is 20.2. The lowest BCUT2D eigenvalue weighted by Crippen LogP contribution is -2.15. The highest BCUT2D eigenvalue weighted by molar-refractivity contribution is 6.16. The predicted molar refractivity (Wildman–Crippen MR) is 68.5 cm³/mol. The van der Waals surface area contributed by atoms with Crippen molar-refractivity contribution in [2.45, 2.75) is 26.3 Å². The molecule has 2 rings (SSSR count). The smallest absolute Gasteiger partial charge is 0.326 e. The van der Waals surface area contributed by atoms with E-state index in [1.807, 2.05) is 13.0 Å². The Morgan fingerprint density at radius 3 is 3.00 bits per heavy atom. The quantitative estimate of drug-likeness (QED) is 0.628. The molecule has 2 aromatic heterocycles. The van der Waals surface area contributed by atoms with E-state index in [4.69, 9.17) is 16.3 Å². The van der Waals surface area contributed by atoms with E-state index in [2.05, 4.69) is 9.97 Å². The molecule has 0 amide bonds. The fourth-order valence-corrected chi connectivity index (χ4v) is 1.97. The lowest BCUT2D eigenvalue weighted by Gasteiger charge is -2.06. The summed E-state index contributed by atoms with van der Waals surface area (Å²) in [6, 6.07) is 1.92. The highest BCUT2D eigenvalue weighted by Gasteiger charge is 2.14. The summed E-state index contributed by atoms with van der Waals surface area (Å²) in [5, 5.41) is 0. The fourth-order valence-electron chi connectivity index (χ4n) is 1.76. The molecule has 18 heavy (non-hydrogen) atoms. The van der Waals surface area contributed by atoms with Gasteiger partial charge in [-0.25, -0.2) is 9.97 Å². The molecule has 0 atom stereocenters. The molecule has 6 heteroatoms. The number of alkyl halides is 1. The first-order valence-electron chi connectivity index (χ1n) is 5.69. The number of pyridine rings is 1. The van der Waals surface area contributed by atoms with Gasteiger partial charge in [-0.2, -0.15) is 0 Å². The van der Waals surface area contributed by atoms with Crippen molar-refractivity contribution in [3.05, 3.63) is 23.7 Å². The van der Waals surface area contributed by atoms with E-state index in [1.54, 1.807) is 17.7 Å². The van der Waals surface area contributed by atoms with Crippen LogP contribution in [0.15, 0.2) is 12.3 Å². The second-order valence-electron chi connectivity index (χ2n) is 3.91. The van der Waals surface area contributed by atoms with Crippen molar-refractivity contribution >= 4 is 28.7 Å². The molecule has 0 spiro atoms. The second-order valence-corrected chi connectivity index (χ2v) is 4.18. The molecule has 0 radical (unpaired) electrons. The van der Waals surface area contributed by atoms with Gasteiger partial charge in [0.2, 0.25) is 0 Å². The summed E-state index contributed by atoms with van der Waals surface area (Å²) >= 11 is 5.84. The molecule has 0 aliphatic carbocycles. The Kier molecular flexibility index (Phi) is 3.81. The Hall–Kier alpha value is -1.62. The summed E-state index contributed by atoms with van der Waals surface area (Å²) < 4.78 is 6.62. The highest BCUT2D eigenvalue weighted by atomic mass is 35.5. The van der Waals surface area contributed by atoms with E-state index in [0.717, 1.165) is 11.1 Å². The number of rotatable bonds is 4. The largest absolute Gasteiger partial charge is 0.465 e. The molecule has 0 fully saturated rings. The Labute approximate surface area is 110 Å². The van der Waals surface area contributed by atoms with Gasteiger partial charge in [-0.15, -0.1) is 11.6 Å². The summed E-state index contributed by atoms with van der Waals surface area (Å²) in [5.41, 5.74) is 2.42. The number of ether oxygens (including phenoxy) is 1. The van der Waals surface area contributed by atoms with Crippen molar-refractivity contribution in [3.8, 4) is 0 Å². The van der Waals surface area contributed by atoms with Gasteiger partial charge in [0.1, 0.15) is 17.9 Å². The first kappa shape index (κ1) is 12.8. The third-order valence-corrected chi connectivity index (χ3v) is 2.75. The molecule has 0 aliphatic rings. The number of imidazole rings is 1. The summed E-state index contributed by atoms with van der Waals surface area (Å²) in [5.74, 6) is 0.540. The van der Waals surface area contributed by atoms with Crippen molar-refractivity contribution in [1.82, 2.24) is 14.5 Å². The van der Waals surface area contributed by atoms with Gasteiger partial charge in [-0.3, -0.25) is 4.79 Å². The minimum Gasteiger partial charge on any atom is -0.465 e. The van der Waals surface area contributed by atoms with E-state index in [-0.39, 0.29) is 18.4 Å². The minimum atomic E-state index is -0.314.